The number of ether oxygens (including phenoxy) is 5. The first-order valence-electron chi connectivity index (χ1n) is 20.4. The average Bonchev–Trinajstić information content (AvgIpc) is 3.66. The number of esters is 1. The number of Topliss-reactive ketones (excluding diaryl/α,β-unsaturated/α-hetero) is 1. The number of hydrogen-bond donors (Lipinski definition) is 2. The Morgan fingerprint density at radius 3 is 2.52 bits per heavy atom. The van der Waals surface area contributed by atoms with Crippen LogP contribution >= 0.6 is 11.3 Å². The first-order valence-corrected chi connectivity index (χ1v) is 21.2. The number of aromatic nitrogens is 2. The van der Waals surface area contributed by atoms with E-state index in [-0.39, 0.29) is 50.9 Å². The molecule has 0 aliphatic carbocycles. The smallest absolute Gasteiger partial charge is 0.351 e. The van der Waals surface area contributed by atoms with Crippen LogP contribution < -0.4 is 0 Å². The molecule has 0 radical (unpaired) electrons. The third-order valence-corrected chi connectivity index (χ3v) is 12.8. The third kappa shape index (κ3) is 10.9. The van der Waals surface area contributed by atoms with Gasteiger partial charge in [0.2, 0.25) is 5.91 Å². The maximum absolute atomic E-state index is 16.8. The monoisotopic (exact) mass is 861 g/mol. The fraction of sp³-hybridized carbons (Fsp3) is 0.690. The number of alkyl halides is 1. The number of carbonyl (C=O) groups is 3. The molecular weight excluding hydrogens is 802 g/mol. The number of fused-ring (bicyclic) bond motifs is 5. The summed E-state index contributed by atoms with van der Waals surface area (Å²) in [6.07, 6.45) is -1.61. The van der Waals surface area contributed by atoms with E-state index in [1.165, 1.54) is 32.1 Å². The molecule has 2 aromatic rings. The molecule has 12 atom stereocenters. The van der Waals surface area contributed by atoms with Crippen LogP contribution in [-0.4, -0.2) is 141 Å². The van der Waals surface area contributed by atoms with E-state index >= 15 is 4.39 Å². The zero-order valence-corrected chi connectivity index (χ0v) is 36.9. The standard InChI is InChI=1S/C42H60FN5O11S/c1-11-33-42(8,53)34-17-29(46-26(5)49)23(2)18-40(6,55-21-27(20-54-34)47-56-22-28-12-13-32(60-28)30-19-44-14-15-45-30)37(25(4)36(51)41(7,43)39(52)58-33)59-38-35(50)31(48(9)10)16-24(3)57-38/h12-15,19,23-25,31,33-35,37-38,50,53H,11,16-18,20-22H2,1-10H3/b46-29?,47-27-/t23-,24-,25+,31+,33-,34-,35-,37-,38+,40-,41+,42-/m1/s1. The maximum atomic E-state index is 16.8. The Morgan fingerprint density at radius 2 is 1.87 bits per heavy atom. The number of hydrogen-bond acceptors (Lipinski definition) is 16. The van der Waals surface area contributed by atoms with Gasteiger partial charge >= 0.3 is 5.97 Å². The third-order valence-electron chi connectivity index (χ3n) is 11.7. The van der Waals surface area contributed by atoms with Crippen LogP contribution in [0.3, 0.4) is 0 Å². The summed E-state index contributed by atoms with van der Waals surface area (Å²) in [7, 11) is 3.63. The summed E-state index contributed by atoms with van der Waals surface area (Å²) < 4.78 is 48.5. The molecule has 2 aromatic heterocycles. The molecule has 3 saturated heterocycles. The Hall–Kier alpha value is -3.62. The van der Waals surface area contributed by atoms with E-state index in [0.29, 0.717) is 17.8 Å². The van der Waals surface area contributed by atoms with Gasteiger partial charge in [-0.2, -0.15) is 0 Å². The molecular formula is C42H60FN5O11S. The molecule has 0 aromatic carbocycles. The van der Waals surface area contributed by atoms with Gasteiger partial charge in [0.25, 0.3) is 5.67 Å². The summed E-state index contributed by atoms with van der Waals surface area (Å²) in [5, 5.41) is 28.3. The summed E-state index contributed by atoms with van der Waals surface area (Å²) in [6, 6.07) is 3.39. The summed E-state index contributed by atoms with van der Waals surface area (Å²) in [6.45, 7) is 11.4. The van der Waals surface area contributed by atoms with E-state index in [0.717, 1.165) is 16.7 Å². The number of aliphatic hydroxyl groups excluding tert-OH is 1. The first kappa shape index (κ1) is 47.4. The van der Waals surface area contributed by atoms with Gasteiger partial charge in [0.1, 0.15) is 23.5 Å². The molecule has 332 valence electrons. The van der Waals surface area contributed by atoms with E-state index < -0.39 is 83.1 Å². The van der Waals surface area contributed by atoms with Gasteiger partial charge in [-0.3, -0.25) is 19.6 Å². The lowest BCUT2D eigenvalue weighted by molar-refractivity contribution is -0.296. The van der Waals surface area contributed by atoms with Crippen LogP contribution in [0.25, 0.3) is 10.6 Å². The predicted octanol–water partition coefficient (Wildman–Crippen LogP) is 4.49. The predicted molar refractivity (Wildman–Crippen MR) is 220 cm³/mol. The number of ketones is 1. The van der Waals surface area contributed by atoms with Crippen LogP contribution in [0.4, 0.5) is 4.39 Å². The van der Waals surface area contributed by atoms with Gasteiger partial charge in [-0.1, -0.05) is 25.9 Å². The highest BCUT2D eigenvalue weighted by Gasteiger charge is 2.56. The fourth-order valence-electron chi connectivity index (χ4n) is 8.23. The Kier molecular flexibility index (Phi) is 15.5. The molecule has 16 nitrogen and oxygen atoms in total. The number of oxime groups is 1. The molecule has 5 rings (SSSR count). The number of aliphatic imine (C=N–C) groups is 1. The van der Waals surface area contributed by atoms with Gasteiger partial charge in [0.05, 0.1) is 53.9 Å². The summed E-state index contributed by atoms with van der Waals surface area (Å²) in [4.78, 5) is 63.1. The normalized spacial score (nSPS) is 37.6. The summed E-state index contributed by atoms with van der Waals surface area (Å²) in [5.41, 5.74) is -5.51. The molecule has 0 saturated carbocycles. The van der Waals surface area contributed by atoms with Gasteiger partial charge < -0.3 is 43.6 Å². The zero-order chi connectivity index (χ0) is 44.2. The van der Waals surface area contributed by atoms with Crippen molar-refractivity contribution in [2.45, 2.75) is 147 Å². The molecule has 60 heavy (non-hydrogen) atoms. The van der Waals surface area contributed by atoms with Gasteiger partial charge in [-0.05, 0) is 79.1 Å². The molecule has 3 fully saturated rings. The Morgan fingerprint density at radius 1 is 1.13 bits per heavy atom. The van der Waals surface area contributed by atoms with Crippen LogP contribution in [0.15, 0.2) is 40.9 Å². The second-order valence-electron chi connectivity index (χ2n) is 16.9. The number of amides is 1. The SMILES string of the molecule is CC[C@H]1OC(=O)[C@@](C)(F)C(=O)[C@H](C)[C@@H](O[C@@H]2O[C@H](C)C[C@H](N(C)C)[C@H]2O)[C@@]2(C)C[C@@H](C)C(=NC(C)=O)C[C@@H](OC/C(=N/OCc3ccc(-c4cnccn4)s3)CO2)[C@]1(C)O. The van der Waals surface area contributed by atoms with Crippen molar-refractivity contribution >= 4 is 40.4 Å². The summed E-state index contributed by atoms with van der Waals surface area (Å²) in [5.74, 6) is -5.22. The van der Waals surface area contributed by atoms with Crippen molar-refractivity contribution in [3.8, 4) is 10.6 Å². The largest absolute Gasteiger partial charge is 0.457 e. The minimum absolute atomic E-state index is 0.00361. The Bertz CT molecular complexity index is 1880. The number of thiophene rings is 1. The minimum atomic E-state index is -3.21. The fourth-order valence-corrected chi connectivity index (χ4v) is 9.11. The highest BCUT2D eigenvalue weighted by atomic mass is 32.1. The van der Waals surface area contributed by atoms with E-state index in [9.17, 15) is 24.6 Å². The number of aliphatic hydroxyl groups is 2. The van der Waals surface area contributed by atoms with Gasteiger partial charge in [0, 0.05) is 48.3 Å². The first-order chi connectivity index (χ1) is 28.2. The molecule has 2 N–H and O–H groups in total. The van der Waals surface area contributed by atoms with Crippen molar-refractivity contribution in [3.05, 3.63) is 35.6 Å². The Labute approximate surface area is 354 Å². The second-order valence-corrected chi connectivity index (χ2v) is 18.1. The van der Waals surface area contributed by atoms with Crippen molar-refractivity contribution in [1.82, 2.24) is 14.9 Å². The highest BCUT2D eigenvalue weighted by molar-refractivity contribution is 7.15. The van der Waals surface area contributed by atoms with Crippen LogP contribution in [-0.2, 0) is 49.5 Å². The number of rotatable bonds is 8. The lowest BCUT2D eigenvalue weighted by atomic mass is 9.75. The van der Waals surface area contributed by atoms with E-state index in [1.54, 1.807) is 32.4 Å². The highest BCUT2D eigenvalue weighted by Crippen LogP contribution is 2.40. The van der Waals surface area contributed by atoms with Crippen molar-refractivity contribution < 1.29 is 57.5 Å². The maximum Gasteiger partial charge on any atom is 0.351 e. The van der Waals surface area contributed by atoms with E-state index in [2.05, 4.69) is 20.1 Å². The van der Waals surface area contributed by atoms with Crippen LogP contribution in [0.5, 0.6) is 0 Å². The molecule has 5 heterocycles. The summed E-state index contributed by atoms with van der Waals surface area (Å²) >= 11 is 1.45. The van der Waals surface area contributed by atoms with Crippen molar-refractivity contribution in [2.24, 2.45) is 22.0 Å². The van der Waals surface area contributed by atoms with Gasteiger partial charge in [0.15, 0.2) is 18.7 Å². The molecule has 18 heteroatoms. The lowest BCUT2D eigenvalue weighted by Gasteiger charge is -2.47. The van der Waals surface area contributed by atoms with Crippen LogP contribution in [0.1, 0.15) is 86.0 Å². The van der Waals surface area contributed by atoms with Gasteiger partial charge in [-0.15, -0.1) is 11.3 Å². The quantitative estimate of drug-likeness (QED) is 0.214. The van der Waals surface area contributed by atoms with Crippen molar-refractivity contribution in [2.75, 3.05) is 27.3 Å². The second kappa shape index (κ2) is 19.6. The molecule has 1 amide bonds. The number of likely N-dealkylation sites (N-methyl/N-ethyl adjacent to an activating group) is 1. The molecule has 3 aliphatic heterocycles. The Balaban J connectivity index is 1.63. The van der Waals surface area contributed by atoms with Crippen molar-refractivity contribution in [1.29, 1.82) is 0 Å². The number of nitrogens with zero attached hydrogens (tertiary/aromatic N) is 5. The van der Waals surface area contributed by atoms with Gasteiger partial charge in [-0.25, -0.2) is 14.2 Å². The number of carbonyl (C=O) groups excluding carboxylic acids is 3. The minimum Gasteiger partial charge on any atom is -0.457 e. The van der Waals surface area contributed by atoms with E-state index in [1.807, 2.05) is 45.0 Å². The average molecular weight is 862 g/mol. The van der Waals surface area contributed by atoms with Crippen molar-refractivity contribution in [3.63, 3.8) is 0 Å². The molecule has 0 spiro atoms. The van der Waals surface area contributed by atoms with Crippen LogP contribution in [0.2, 0.25) is 0 Å². The number of halogens is 1. The molecule has 3 aliphatic rings. The molecule has 0 unspecified atom stereocenters. The lowest BCUT2D eigenvalue weighted by Crippen LogP contribution is -2.61. The zero-order valence-electron chi connectivity index (χ0n) is 36.1. The molecule has 2 bridgehead atoms. The number of cyclic esters (lactones) is 1. The van der Waals surface area contributed by atoms with Crippen LogP contribution in [0, 0.1) is 11.8 Å². The topological polar surface area (TPSA) is 201 Å². The van der Waals surface area contributed by atoms with E-state index in [4.69, 9.17) is 28.5 Å².